The highest BCUT2D eigenvalue weighted by Gasteiger charge is 2.23. The Labute approximate surface area is 170 Å². The van der Waals surface area contributed by atoms with Crippen molar-refractivity contribution in [2.75, 3.05) is 31.1 Å². The van der Waals surface area contributed by atoms with E-state index in [1.807, 2.05) is 11.0 Å². The number of carbonyl (C=O) groups excluding carboxylic acids is 1. The summed E-state index contributed by atoms with van der Waals surface area (Å²) in [5.41, 5.74) is 1.08. The van der Waals surface area contributed by atoms with Crippen molar-refractivity contribution >= 4 is 23.4 Å². The van der Waals surface area contributed by atoms with E-state index in [0.29, 0.717) is 43.1 Å². The molecular formula is C19H22N8O3. The second kappa shape index (κ2) is 7.01. The predicted molar refractivity (Wildman–Crippen MR) is 108 cm³/mol. The summed E-state index contributed by atoms with van der Waals surface area (Å²) in [6.07, 6.45) is 5.39. The third kappa shape index (κ3) is 3.42. The van der Waals surface area contributed by atoms with Gasteiger partial charge in [-0.25, -0.2) is 9.78 Å². The van der Waals surface area contributed by atoms with Crippen molar-refractivity contribution in [3.63, 3.8) is 0 Å². The summed E-state index contributed by atoms with van der Waals surface area (Å²) in [5, 5.41) is 15.0. The summed E-state index contributed by atoms with van der Waals surface area (Å²) in [4.78, 5) is 41.5. The average Bonchev–Trinajstić information content (AvgIpc) is 3.36. The van der Waals surface area contributed by atoms with Gasteiger partial charge in [0.25, 0.3) is 0 Å². The van der Waals surface area contributed by atoms with Crippen LogP contribution >= 0.6 is 0 Å². The molecule has 0 spiro atoms. The first kappa shape index (κ1) is 18.4. The molecule has 1 saturated heterocycles. The molecule has 1 amide bonds. The van der Waals surface area contributed by atoms with E-state index in [4.69, 9.17) is 9.98 Å². The minimum Gasteiger partial charge on any atom is -0.493 e. The molecule has 0 bridgehead atoms. The lowest BCUT2D eigenvalue weighted by molar-refractivity contribution is -0.129. The number of aromatic amines is 2. The number of hydrogen-bond acceptors (Lipinski definition) is 7. The number of H-pyrrole nitrogens is 2. The minimum atomic E-state index is -0.489. The van der Waals surface area contributed by atoms with Crippen molar-refractivity contribution in [3.05, 3.63) is 39.1 Å². The number of aromatic hydroxyl groups is 1. The molecule has 4 heterocycles. The molecular weight excluding hydrogens is 388 g/mol. The number of aromatic nitrogens is 5. The van der Waals surface area contributed by atoms with Gasteiger partial charge in [-0.1, -0.05) is 0 Å². The van der Waals surface area contributed by atoms with Crippen LogP contribution in [0.25, 0.3) is 11.7 Å². The molecule has 2 fully saturated rings. The topological polar surface area (TPSA) is 135 Å². The molecule has 2 aliphatic rings. The van der Waals surface area contributed by atoms with E-state index in [2.05, 4.69) is 20.0 Å². The Morgan fingerprint density at radius 1 is 1.27 bits per heavy atom. The van der Waals surface area contributed by atoms with Crippen LogP contribution in [0.4, 0.5) is 5.82 Å². The molecule has 3 aromatic heterocycles. The highest BCUT2D eigenvalue weighted by molar-refractivity contribution is 5.73. The van der Waals surface area contributed by atoms with Gasteiger partial charge in [-0.05, 0) is 18.9 Å². The van der Waals surface area contributed by atoms with Crippen molar-refractivity contribution in [1.82, 2.24) is 29.5 Å². The maximum absolute atomic E-state index is 11.6. The molecule has 0 unspecified atom stereocenters. The van der Waals surface area contributed by atoms with E-state index in [0.717, 1.165) is 24.1 Å². The van der Waals surface area contributed by atoms with Crippen molar-refractivity contribution in [2.45, 2.75) is 25.8 Å². The number of nitrogens with zero attached hydrogens (tertiary/aromatic N) is 6. The van der Waals surface area contributed by atoms with E-state index in [-0.39, 0.29) is 17.5 Å². The van der Waals surface area contributed by atoms with Crippen LogP contribution in [0.3, 0.4) is 0 Å². The van der Waals surface area contributed by atoms with Gasteiger partial charge in [0.05, 0.1) is 12.2 Å². The van der Waals surface area contributed by atoms with E-state index in [1.165, 1.54) is 0 Å². The molecule has 5 rings (SSSR count). The smallest absolute Gasteiger partial charge is 0.326 e. The zero-order valence-corrected chi connectivity index (χ0v) is 16.5. The van der Waals surface area contributed by atoms with Gasteiger partial charge in [-0.2, -0.15) is 9.61 Å². The molecule has 1 saturated carbocycles. The first-order valence-corrected chi connectivity index (χ1v) is 9.94. The summed E-state index contributed by atoms with van der Waals surface area (Å²) in [6, 6.07) is 2.24. The highest BCUT2D eigenvalue weighted by atomic mass is 16.3. The third-order valence-corrected chi connectivity index (χ3v) is 5.41. The van der Waals surface area contributed by atoms with Crippen LogP contribution in [0.15, 0.2) is 22.1 Å². The second-order valence-corrected chi connectivity index (χ2v) is 7.65. The number of fused-ring (bicyclic) bond motifs is 1. The van der Waals surface area contributed by atoms with E-state index in [1.54, 1.807) is 23.7 Å². The van der Waals surface area contributed by atoms with E-state index < -0.39 is 5.69 Å². The monoisotopic (exact) mass is 410 g/mol. The fraction of sp³-hybridized carbons (Fsp3) is 0.421. The van der Waals surface area contributed by atoms with Gasteiger partial charge in [-0.3, -0.25) is 14.8 Å². The van der Waals surface area contributed by atoms with E-state index >= 15 is 0 Å². The Hall–Kier alpha value is -3.63. The van der Waals surface area contributed by atoms with Gasteiger partial charge in [0, 0.05) is 44.4 Å². The number of hydrogen-bond donors (Lipinski definition) is 3. The molecule has 3 N–H and O–H groups in total. The second-order valence-electron chi connectivity index (χ2n) is 7.65. The molecule has 0 radical (unpaired) electrons. The summed E-state index contributed by atoms with van der Waals surface area (Å²) < 4.78 is 1.68. The van der Waals surface area contributed by atoms with Crippen molar-refractivity contribution in [3.8, 4) is 5.88 Å². The molecule has 1 aliphatic carbocycles. The largest absolute Gasteiger partial charge is 0.493 e. The highest BCUT2D eigenvalue weighted by Crippen LogP contribution is 2.22. The number of rotatable bonds is 3. The lowest BCUT2D eigenvalue weighted by Gasteiger charge is -2.34. The molecule has 0 atom stereocenters. The lowest BCUT2D eigenvalue weighted by Crippen LogP contribution is -2.48. The number of anilines is 1. The molecule has 30 heavy (non-hydrogen) atoms. The predicted octanol–water partition coefficient (Wildman–Crippen LogP) is -1.27. The van der Waals surface area contributed by atoms with Crippen LogP contribution in [0, 0.1) is 0 Å². The minimum absolute atomic E-state index is 0.0791. The van der Waals surface area contributed by atoms with Crippen molar-refractivity contribution in [1.29, 1.82) is 0 Å². The van der Waals surface area contributed by atoms with Gasteiger partial charge < -0.3 is 19.9 Å². The normalized spacial score (nSPS) is 18.6. The van der Waals surface area contributed by atoms with Gasteiger partial charge in [0.2, 0.25) is 11.8 Å². The Morgan fingerprint density at radius 2 is 2.03 bits per heavy atom. The van der Waals surface area contributed by atoms with Crippen LogP contribution < -0.4 is 21.3 Å². The fourth-order valence-corrected chi connectivity index (χ4v) is 3.60. The molecule has 3 aromatic rings. The molecule has 11 heteroatoms. The third-order valence-electron chi connectivity index (χ3n) is 5.41. The standard InChI is InChI=1S/C19H22N8O3/c1-11(28)25-4-6-26(7-5-25)15-9-16(21-13-2-3-13)27-17(23-15)12(10-20-27)8-14-18(29)24-19(30)22-14/h8-10,13,29H,2-7H2,1H3,(H2,22,24,30)/b12-8-,21-16?. The van der Waals surface area contributed by atoms with Crippen molar-refractivity contribution in [2.24, 2.45) is 4.99 Å². The lowest BCUT2D eigenvalue weighted by atomic mass is 10.3. The maximum atomic E-state index is 11.6. The molecule has 156 valence electrons. The summed E-state index contributed by atoms with van der Waals surface area (Å²) in [6.45, 7) is 4.25. The Morgan fingerprint density at radius 3 is 2.67 bits per heavy atom. The average molecular weight is 410 g/mol. The first-order chi connectivity index (χ1) is 14.5. The fourth-order valence-electron chi connectivity index (χ4n) is 3.60. The SMILES string of the molecule is CC(=O)N1CCN(c2cc(=NC3CC3)n3nc/c(=C/c4[nH]c(=O)[nH]c4O)c3n2)CC1. The number of carbonyl (C=O) groups is 1. The zero-order valence-electron chi connectivity index (χ0n) is 16.5. The Bertz CT molecular complexity index is 1290. The first-order valence-electron chi connectivity index (χ1n) is 9.94. The van der Waals surface area contributed by atoms with Gasteiger partial charge >= 0.3 is 5.69 Å². The van der Waals surface area contributed by atoms with Gasteiger partial charge in [-0.15, -0.1) is 0 Å². The van der Waals surface area contributed by atoms with Crippen LogP contribution in [-0.2, 0) is 4.79 Å². The van der Waals surface area contributed by atoms with Gasteiger partial charge in [0.1, 0.15) is 11.5 Å². The Balaban J connectivity index is 1.61. The number of imidazole rings is 1. The number of piperazine rings is 1. The quantitative estimate of drug-likeness (QED) is 0.493. The van der Waals surface area contributed by atoms with Gasteiger partial charge in [0.15, 0.2) is 11.1 Å². The maximum Gasteiger partial charge on any atom is 0.326 e. The summed E-state index contributed by atoms with van der Waals surface area (Å²) in [5.74, 6) is 0.612. The Kier molecular flexibility index (Phi) is 4.30. The number of nitrogens with one attached hydrogen (secondary N) is 2. The molecule has 1 aliphatic heterocycles. The molecule has 11 nitrogen and oxygen atoms in total. The zero-order chi connectivity index (χ0) is 20.8. The molecule has 0 aromatic carbocycles. The van der Waals surface area contributed by atoms with Crippen LogP contribution in [0.5, 0.6) is 5.88 Å². The van der Waals surface area contributed by atoms with E-state index in [9.17, 15) is 14.7 Å². The van der Waals surface area contributed by atoms with Crippen LogP contribution in [0.1, 0.15) is 25.5 Å². The summed E-state index contributed by atoms with van der Waals surface area (Å²) >= 11 is 0. The van der Waals surface area contributed by atoms with Crippen LogP contribution in [0.2, 0.25) is 0 Å². The van der Waals surface area contributed by atoms with Crippen LogP contribution in [-0.4, -0.2) is 72.7 Å². The summed E-state index contributed by atoms with van der Waals surface area (Å²) in [7, 11) is 0. The number of amides is 1. The van der Waals surface area contributed by atoms with Crippen molar-refractivity contribution < 1.29 is 9.90 Å².